The predicted molar refractivity (Wildman–Crippen MR) is 70.7 cm³/mol. The van der Waals surface area contributed by atoms with E-state index in [0.717, 1.165) is 12.8 Å². The molecule has 0 spiro atoms. The van der Waals surface area contributed by atoms with Crippen LogP contribution in [0.5, 0.6) is 5.75 Å². The number of benzene rings is 1. The largest absolute Gasteiger partial charge is 0.484 e. The topological polar surface area (TPSA) is 64.3 Å². The van der Waals surface area contributed by atoms with Crippen LogP contribution >= 0.6 is 11.6 Å². The van der Waals surface area contributed by atoms with Crippen LogP contribution in [-0.4, -0.2) is 25.6 Å². The van der Waals surface area contributed by atoms with Gasteiger partial charge >= 0.3 is 0 Å². The minimum absolute atomic E-state index is 0.0162. The molecule has 4 nitrogen and oxygen atoms in total. The van der Waals surface area contributed by atoms with Gasteiger partial charge < -0.3 is 15.8 Å². The molecule has 18 heavy (non-hydrogen) atoms. The van der Waals surface area contributed by atoms with Crippen LogP contribution in [0.15, 0.2) is 24.3 Å². The first-order chi connectivity index (χ1) is 8.63. The van der Waals surface area contributed by atoms with Crippen LogP contribution in [0.25, 0.3) is 0 Å². The lowest BCUT2D eigenvalue weighted by atomic mass is 10.1. The molecule has 1 aromatic carbocycles. The Labute approximate surface area is 111 Å². The monoisotopic (exact) mass is 268 g/mol. The summed E-state index contributed by atoms with van der Waals surface area (Å²) in [6, 6.07) is 6.92. The minimum Gasteiger partial charge on any atom is -0.484 e. The highest BCUT2D eigenvalue weighted by molar-refractivity contribution is 6.30. The highest BCUT2D eigenvalue weighted by atomic mass is 35.5. The van der Waals surface area contributed by atoms with Gasteiger partial charge in [0.05, 0.1) is 0 Å². The number of hydrogen-bond acceptors (Lipinski definition) is 3. The number of rotatable bonds is 6. The zero-order valence-electron chi connectivity index (χ0n) is 10.1. The highest BCUT2D eigenvalue weighted by Crippen LogP contribution is 2.43. The molecule has 1 aliphatic rings. The maximum Gasteiger partial charge on any atom is 0.257 e. The summed E-state index contributed by atoms with van der Waals surface area (Å²) in [5.41, 5.74) is 5.79. The Bertz CT molecular complexity index is 416. The van der Waals surface area contributed by atoms with Crippen LogP contribution in [0, 0.1) is 5.41 Å². The van der Waals surface area contributed by atoms with Crippen LogP contribution < -0.4 is 15.8 Å². The number of hydrogen-bond donors (Lipinski definition) is 2. The number of carbonyl (C=O) groups excluding carboxylic acids is 1. The third-order valence-corrected chi connectivity index (χ3v) is 3.49. The minimum atomic E-state index is -0.121. The zero-order chi connectivity index (χ0) is 13.0. The van der Waals surface area contributed by atoms with E-state index in [9.17, 15) is 4.79 Å². The molecule has 1 saturated carbocycles. The van der Waals surface area contributed by atoms with Crippen LogP contribution in [0.4, 0.5) is 0 Å². The number of halogens is 1. The smallest absolute Gasteiger partial charge is 0.257 e. The molecule has 0 atom stereocenters. The lowest BCUT2D eigenvalue weighted by molar-refractivity contribution is -0.123. The van der Waals surface area contributed by atoms with E-state index in [0.29, 0.717) is 23.9 Å². The SMILES string of the molecule is NCC1(CNC(=O)COc2ccc(Cl)cc2)CC1. The number of nitrogens with one attached hydrogen (secondary N) is 1. The first-order valence-corrected chi connectivity index (χ1v) is 6.36. The molecular weight excluding hydrogens is 252 g/mol. The molecule has 0 radical (unpaired) electrons. The number of ether oxygens (including phenoxy) is 1. The Morgan fingerprint density at radius 3 is 2.61 bits per heavy atom. The van der Waals surface area contributed by atoms with E-state index in [4.69, 9.17) is 22.1 Å². The molecule has 1 amide bonds. The van der Waals surface area contributed by atoms with E-state index in [1.165, 1.54) is 0 Å². The molecular formula is C13H17ClN2O2. The van der Waals surface area contributed by atoms with Crippen molar-refractivity contribution >= 4 is 17.5 Å². The number of carbonyl (C=O) groups is 1. The van der Waals surface area contributed by atoms with Crippen molar-refractivity contribution in [3.63, 3.8) is 0 Å². The summed E-state index contributed by atoms with van der Waals surface area (Å²) in [7, 11) is 0. The quantitative estimate of drug-likeness (QED) is 0.823. The van der Waals surface area contributed by atoms with Crippen LogP contribution in [0.3, 0.4) is 0 Å². The average Bonchev–Trinajstić information content (AvgIpc) is 3.16. The third kappa shape index (κ3) is 3.62. The second kappa shape index (κ2) is 5.59. The molecule has 0 unspecified atom stereocenters. The number of amides is 1. The Morgan fingerprint density at radius 1 is 1.39 bits per heavy atom. The standard InChI is InChI=1S/C13H17ClN2O2/c14-10-1-3-11(4-2-10)18-7-12(17)16-9-13(8-15)5-6-13/h1-4H,5-9,15H2,(H,16,17). The molecule has 0 bridgehead atoms. The fraction of sp³-hybridized carbons (Fsp3) is 0.462. The van der Waals surface area contributed by atoms with Crippen molar-refractivity contribution in [1.82, 2.24) is 5.32 Å². The summed E-state index contributed by atoms with van der Waals surface area (Å²) in [5.74, 6) is 0.513. The van der Waals surface area contributed by atoms with Gasteiger partial charge in [-0.25, -0.2) is 0 Å². The van der Waals surface area contributed by atoms with Gasteiger partial charge in [-0.05, 0) is 49.1 Å². The predicted octanol–water partition coefficient (Wildman–Crippen LogP) is 1.57. The zero-order valence-corrected chi connectivity index (χ0v) is 10.9. The van der Waals surface area contributed by atoms with Crippen molar-refractivity contribution in [3.8, 4) is 5.75 Å². The Kier molecular flexibility index (Phi) is 4.09. The molecule has 0 aromatic heterocycles. The fourth-order valence-corrected chi connectivity index (χ4v) is 1.77. The van der Waals surface area contributed by atoms with Gasteiger partial charge in [0.2, 0.25) is 0 Å². The second-order valence-electron chi connectivity index (χ2n) is 4.72. The van der Waals surface area contributed by atoms with Gasteiger partial charge in [-0.2, -0.15) is 0 Å². The summed E-state index contributed by atoms with van der Waals surface area (Å²) in [5, 5.41) is 3.49. The fourth-order valence-electron chi connectivity index (χ4n) is 1.65. The third-order valence-electron chi connectivity index (χ3n) is 3.23. The maximum absolute atomic E-state index is 11.6. The van der Waals surface area contributed by atoms with Crippen LogP contribution in [-0.2, 0) is 4.79 Å². The Balaban J connectivity index is 1.70. The molecule has 1 aromatic rings. The van der Waals surface area contributed by atoms with Crippen molar-refractivity contribution in [3.05, 3.63) is 29.3 Å². The average molecular weight is 269 g/mol. The van der Waals surface area contributed by atoms with Crippen molar-refractivity contribution in [2.24, 2.45) is 11.1 Å². The Morgan fingerprint density at radius 2 is 2.06 bits per heavy atom. The van der Waals surface area contributed by atoms with Crippen LogP contribution in [0.1, 0.15) is 12.8 Å². The van der Waals surface area contributed by atoms with E-state index in [1.54, 1.807) is 24.3 Å². The van der Waals surface area contributed by atoms with Gasteiger partial charge in [-0.15, -0.1) is 0 Å². The first kappa shape index (κ1) is 13.2. The summed E-state index contributed by atoms with van der Waals surface area (Å²) >= 11 is 5.75. The van der Waals surface area contributed by atoms with E-state index in [-0.39, 0.29) is 17.9 Å². The molecule has 1 fully saturated rings. The summed E-state index contributed by atoms with van der Waals surface area (Å²) in [4.78, 5) is 11.6. The molecule has 0 aliphatic heterocycles. The first-order valence-electron chi connectivity index (χ1n) is 5.99. The number of nitrogens with two attached hydrogens (primary N) is 1. The van der Waals surface area contributed by atoms with E-state index in [2.05, 4.69) is 5.32 Å². The molecule has 0 heterocycles. The highest BCUT2D eigenvalue weighted by Gasteiger charge is 2.41. The van der Waals surface area contributed by atoms with Gasteiger partial charge in [0.15, 0.2) is 6.61 Å². The molecule has 3 N–H and O–H groups in total. The van der Waals surface area contributed by atoms with Gasteiger partial charge in [0.25, 0.3) is 5.91 Å². The summed E-state index contributed by atoms with van der Waals surface area (Å²) < 4.78 is 5.34. The van der Waals surface area contributed by atoms with E-state index in [1.807, 2.05) is 0 Å². The van der Waals surface area contributed by atoms with Gasteiger partial charge in [0.1, 0.15) is 5.75 Å². The maximum atomic E-state index is 11.6. The summed E-state index contributed by atoms with van der Waals surface area (Å²) in [6.45, 7) is 1.29. The summed E-state index contributed by atoms with van der Waals surface area (Å²) in [6.07, 6.45) is 2.20. The van der Waals surface area contributed by atoms with E-state index < -0.39 is 0 Å². The molecule has 5 heteroatoms. The lowest BCUT2D eigenvalue weighted by Gasteiger charge is -2.13. The molecule has 0 saturated heterocycles. The lowest BCUT2D eigenvalue weighted by Crippen LogP contribution is -2.36. The van der Waals surface area contributed by atoms with Gasteiger partial charge in [0, 0.05) is 11.6 Å². The second-order valence-corrected chi connectivity index (χ2v) is 5.16. The van der Waals surface area contributed by atoms with Crippen molar-refractivity contribution in [2.75, 3.05) is 19.7 Å². The van der Waals surface area contributed by atoms with Gasteiger partial charge in [-0.3, -0.25) is 4.79 Å². The molecule has 2 rings (SSSR count). The van der Waals surface area contributed by atoms with Crippen molar-refractivity contribution in [1.29, 1.82) is 0 Å². The van der Waals surface area contributed by atoms with Crippen molar-refractivity contribution < 1.29 is 9.53 Å². The Hall–Kier alpha value is -1.26. The normalized spacial score (nSPS) is 16.1. The van der Waals surface area contributed by atoms with Crippen molar-refractivity contribution in [2.45, 2.75) is 12.8 Å². The van der Waals surface area contributed by atoms with E-state index >= 15 is 0 Å². The molecule has 1 aliphatic carbocycles. The van der Waals surface area contributed by atoms with Crippen LogP contribution in [0.2, 0.25) is 5.02 Å². The molecule has 98 valence electrons. The van der Waals surface area contributed by atoms with Gasteiger partial charge in [-0.1, -0.05) is 11.6 Å².